The third kappa shape index (κ3) is 2.42. The van der Waals surface area contributed by atoms with Gasteiger partial charge in [0.05, 0.1) is 0 Å². The van der Waals surface area contributed by atoms with Gasteiger partial charge in [-0.25, -0.2) is 4.39 Å². The topological polar surface area (TPSA) is 33.1 Å². The molecule has 1 aromatic rings. The zero-order valence-corrected chi connectivity index (χ0v) is 8.01. The van der Waals surface area contributed by atoms with Crippen molar-refractivity contribution in [1.82, 2.24) is 0 Å². The first-order chi connectivity index (χ1) is 6.67. The van der Waals surface area contributed by atoms with Gasteiger partial charge in [0, 0.05) is 0 Å². The maximum atomic E-state index is 13.3. The van der Waals surface area contributed by atoms with Crippen LogP contribution in [0.15, 0.2) is 30.9 Å². The summed E-state index contributed by atoms with van der Waals surface area (Å²) in [6.07, 6.45) is 1.99. The lowest BCUT2D eigenvalue weighted by atomic mass is 10.1. The van der Waals surface area contributed by atoms with Crippen molar-refractivity contribution in [3.8, 4) is 5.75 Å². The highest BCUT2D eigenvalue weighted by Gasteiger charge is 2.05. The minimum absolute atomic E-state index is 0.0621. The molecule has 0 radical (unpaired) electrons. The van der Waals surface area contributed by atoms with Crippen LogP contribution in [0.1, 0.15) is 12.5 Å². The van der Waals surface area contributed by atoms with Gasteiger partial charge in [-0.05, 0) is 30.2 Å². The molecule has 0 fully saturated rings. The van der Waals surface area contributed by atoms with Crippen molar-refractivity contribution in [2.24, 2.45) is 0 Å². The summed E-state index contributed by atoms with van der Waals surface area (Å²) in [5.41, 5.74) is 0.903. The number of benzene rings is 1. The van der Waals surface area contributed by atoms with Crippen molar-refractivity contribution in [2.75, 3.05) is 0 Å². The molecule has 0 unspecified atom stereocenters. The molecule has 0 aliphatic rings. The molecule has 3 heteroatoms. The second-order valence-corrected chi connectivity index (χ2v) is 2.79. The van der Waals surface area contributed by atoms with Crippen LogP contribution in [0.4, 0.5) is 4.39 Å². The molecule has 0 spiro atoms. The highest BCUT2D eigenvalue weighted by Crippen LogP contribution is 2.18. The van der Waals surface area contributed by atoms with Crippen molar-refractivity contribution in [3.63, 3.8) is 0 Å². The van der Waals surface area contributed by atoms with E-state index in [9.17, 15) is 4.39 Å². The molecule has 74 valence electrons. The van der Waals surface area contributed by atoms with E-state index in [4.69, 9.17) is 10.1 Å². The molecule has 1 rings (SSSR count). The Bertz CT molecular complexity index is 360. The summed E-state index contributed by atoms with van der Waals surface area (Å²) in [6.45, 7) is 5.29. The third-order valence-electron chi connectivity index (χ3n) is 1.81. The molecule has 1 aromatic carbocycles. The van der Waals surface area contributed by atoms with Gasteiger partial charge in [-0.3, -0.25) is 5.41 Å². The summed E-state index contributed by atoms with van der Waals surface area (Å²) in [5.74, 6) is -0.545. The first kappa shape index (κ1) is 10.4. The van der Waals surface area contributed by atoms with Crippen LogP contribution in [0.3, 0.4) is 0 Å². The summed E-state index contributed by atoms with van der Waals surface area (Å²) < 4.78 is 18.2. The zero-order valence-electron chi connectivity index (χ0n) is 8.01. The van der Waals surface area contributed by atoms with E-state index in [1.807, 2.05) is 6.92 Å². The summed E-state index contributed by atoms with van der Waals surface area (Å²) in [4.78, 5) is 0. The maximum absolute atomic E-state index is 13.3. The summed E-state index contributed by atoms with van der Waals surface area (Å²) in [7, 11) is 0. The number of aryl methyl sites for hydroxylation is 1. The highest BCUT2D eigenvalue weighted by atomic mass is 19.1. The number of ether oxygens (including phenoxy) is 1. The van der Waals surface area contributed by atoms with Crippen LogP contribution in [0, 0.1) is 11.2 Å². The first-order valence-corrected chi connectivity index (χ1v) is 4.34. The van der Waals surface area contributed by atoms with E-state index >= 15 is 0 Å². The Morgan fingerprint density at radius 2 is 2.36 bits per heavy atom. The van der Waals surface area contributed by atoms with E-state index in [0.29, 0.717) is 0 Å². The Morgan fingerprint density at radius 3 is 2.86 bits per heavy atom. The van der Waals surface area contributed by atoms with Crippen molar-refractivity contribution >= 4 is 5.90 Å². The Hall–Kier alpha value is -1.64. The van der Waals surface area contributed by atoms with Crippen molar-refractivity contribution in [1.29, 1.82) is 5.41 Å². The van der Waals surface area contributed by atoms with E-state index in [1.165, 1.54) is 18.2 Å². The van der Waals surface area contributed by atoms with Crippen LogP contribution in [0.25, 0.3) is 0 Å². The van der Waals surface area contributed by atoms with Gasteiger partial charge in [0.15, 0.2) is 11.6 Å². The Morgan fingerprint density at radius 1 is 1.64 bits per heavy atom. The van der Waals surface area contributed by atoms with Gasteiger partial charge in [0.1, 0.15) is 0 Å². The fraction of sp³-hybridized carbons (Fsp3) is 0.182. The first-order valence-electron chi connectivity index (χ1n) is 4.34. The molecular weight excluding hydrogens is 181 g/mol. The number of nitrogens with one attached hydrogen (secondary N) is 1. The highest BCUT2D eigenvalue weighted by molar-refractivity contribution is 5.86. The second-order valence-electron chi connectivity index (χ2n) is 2.79. The molecule has 0 aromatic heterocycles. The number of rotatable bonds is 3. The van der Waals surface area contributed by atoms with Crippen LogP contribution in [-0.2, 0) is 6.42 Å². The van der Waals surface area contributed by atoms with Gasteiger partial charge < -0.3 is 4.74 Å². The summed E-state index contributed by atoms with van der Waals surface area (Å²) >= 11 is 0. The van der Waals surface area contributed by atoms with Crippen LogP contribution < -0.4 is 4.74 Å². The van der Waals surface area contributed by atoms with Crippen LogP contribution in [-0.4, -0.2) is 5.90 Å². The smallest absolute Gasteiger partial charge is 0.211 e. The quantitative estimate of drug-likeness (QED) is 0.581. The van der Waals surface area contributed by atoms with Crippen LogP contribution >= 0.6 is 0 Å². The fourth-order valence-corrected chi connectivity index (χ4v) is 1.01. The molecular formula is C11H12FNO. The standard InChI is InChI=1S/C11H12FNO/c1-3-8-5-6-10(9(12)7-8)14-11(13)4-2/h4-7,13H,2-3H2,1H3. The van der Waals surface area contributed by atoms with Crippen LogP contribution in [0.2, 0.25) is 0 Å². The predicted molar refractivity (Wildman–Crippen MR) is 54.3 cm³/mol. The fourth-order valence-electron chi connectivity index (χ4n) is 1.01. The maximum Gasteiger partial charge on any atom is 0.211 e. The molecule has 14 heavy (non-hydrogen) atoms. The zero-order chi connectivity index (χ0) is 10.6. The minimum atomic E-state index is -0.448. The van der Waals surface area contributed by atoms with E-state index in [1.54, 1.807) is 6.07 Å². The molecule has 0 amide bonds. The second kappa shape index (κ2) is 4.56. The van der Waals surface area contributed by atoms with Crippen molar-refractivity contribution in [2.45, 2.75) is 13.3 Å². The van der Waals surface area contributed by atoms with Gasteiger partial charge in [-0.1, -0.05) is 19.6 Å². The molecule has 1 N–H and O–H groups in total. The summed E-state index contributed by atoms with van der Waals surface area (Å²) in [6, 6.07) is 4.70. The molecule has 0 saturated carbocycles. The molecule has 0 bridgehead atoms. The van der Waals surface area contributed by atoms with Crippen molar-refractivity contribution < 1.29 is 9.13 Å². The molecule has 0 aliphatic carbocycles. The largest absolute Gasteiger partial charge is 0.437 e. The monoisotopic (exact) mass is 193 g/mol. The molecule has 0 heterocycles. The number of hydrogen-bond acceptors (Lipinski definition) is 2. The lowest BCUT2D eigenvalue weighted by Gasteiger charge is -2.05. The average molecular weight is 193 g/mol. The van der Waals surface area contributed by atoms with Crippen molar-refractivity contribution in [3.05, 3.63) is 42.2 Å². The van der Waals surface area contributed by atoms with Gasteiger partial charge in [0.25, 0.3) is 0 Å². The van der Waals surface area contributed by atoms with E-state index in [-0.39, 0.29) is 11.6 Å². The number of hydrogen-bond donors (Lipinski definition) is 1. The van der Waals surface area contributed by atoms with E-state index in [2.05, 4.69) is 6.58 Å². The minimum Gasteiger partial charge on any atom is -0.437 e. The van der Waals surface area contributed by atoms with Gasteiger partial charge in [-0.15, -0.1) is 0 Å². The van der Waals surface area contributed by atoms with Crippen LogP contribution in [0.5, 0.6) is 5.75 Å². The van der Waals surface area contributed by atoms with Gasteiger partial charge in [0.2, 0.25) is 5.90 Å². The predicted octanol–water partition coefficient (Wildman–Crippen LogP) is 2.93. The SMILES string of the molecule is C=CC(=N)Oc1ccc(CC)cc1F. The normalized spacial score (nSPS) is 9.57. The Labute approximate surface area is 82.5 Å². The summed E-state index contributed by atoms with van der Waals surface area (Å²) in [5, 5.41) is 7.16. The molecule has 2 nitrogen and oxygen atoms in total. The Kier molecular flexibility index (Phi) is 3.40. The molecule has 0 aliphatic heterocycles. The van der Waals surface area contributed by atoms with E-state index in [0.717, 1.165) is 12.0 Å². The van der Waals surface area contributed by atoms with Gasteiger partial charge in [-0.2, -0.15) is 0 Å². The molecule has 0 saturated heterocycles. The van der Waals surface area contributed by atoms with Gasteiger partial charge >= 0.3 is 0 Å². The molecule has 0 atom stereocenters. The Balaban J connectivity index is 2.88. The number of halogens is 1. The lowest BCUT2D eigenvalue weighted by Crippen LogP contribution is -2.03. The lowest BCUT2D eigenvalue weighted by molar-refractivity contribution is 0.490. The average Bonchev–Trinajstić information content (AvgIpc) is 2.20. The van der Waals surface area contributed by atoms with E-state index < -0.39 is 5.82 Å². The third-order valence-corrected chi connectivity index (χ3v) is 1.81.